The lowest BCUT2D eigenvalue weighted by molar-refractivity contribution is -0.115. The van der Waals surface area contributed by atoms with E-state index < -0.39 is 5.91 Å². The minimum absolute atomic E-state index is 0.186. The fourth-order valence-corrected chi connectivity index (χ4v) is 4.76. The molecular weight excluding hydrogens is 396 g/mol. The van der Waals surface area contributed by atoms with Crippen LogP contribution in [0.4, 0.5) is 5.00 Å². The van der Waals surface area contributed by atoms with Crippen molar-refractivity contribution in [3.05, 3.63) is 57.7 Å². The van der Waals surface area contributed by atoms with E-state index in [9.17, 15) is 9.59 Å². The summed E-state index contributed by atoms with van der Waals surface area (Å²) < 4.78 is 1.96. The molecule has 3 rings (SSSR count). The number of aryl methyl sites for hydroxylation is 2. The molecule has 0 radical (unpaired) electrons. The van der Waals surface area contributed by atoms with Gasteiger partial charge in [-0.1, -0.05) is 44.2 Å². The lowest BCUT2D eigenvalue weighted by Gasteiger charge is -2.09. The first-order valence-electron chi connectivity index (χ1n) is 10.00. The van der Waals surface area contributed by atoms with E-state index in [0.29, 0.717) is 16.5 Å². The second-order valence-electron chi connectivity index (χ2n) is 7.92. The van der Waals surface area contributed by atoms with Gasteiger partial charge in [-0.05, 0) is 32.3 Å². The van der Waals surface area contributed by atoms with E-state index in [2.05, 4.69) is 24.3 Å². The molecule has 7 heteroatoms. The smallest absolute Gasteiger partial charge is 0.252 e. The normalized spacial score (nSPS) is 11.1. The fraction of sp³-hybridized carbons (Fsp3) is 0.348. The van der Waals surface area contributed by atoms with Crippen LogP contribution < -0.4 is 11.1 Å². The molecule has 30 heavy (non-hydrogen) atoms. The lowest BCUT2D eigenvalue weighted by atomic mass is 10.0. The Morgan fingerprint density at radius 1 is 1.17 bits per heavy atom. The number of nitrogens with zero attached hydrogens (tertiary/aromatic N) is 2. The van der Waals surface area contributed by atoms with Gasteiger partial charge in [0.1, 0.15) is 5.00 Å². The van der Waals surface area contributed by atoms with E-state index in [1.165, 1.54) is 11.3 Å². The molecule has 1 aromatic carbocycles. The molecule has 0 bridgehead atoms. The van der Waals surface area contributed by atoms with Crippen LogP contribution in [-0.4, -0.2) is 21.6 Å². The van der Waals surface area contributed by atoms with Crippen LogP contribution in [0.15, 0.2) is 30.3 Å². The minimum Gasteiger partial charge on any atom is -0.365 e. The van der Waals surface area contributed by atoms with Crippen LogP contribution >= 0.6 is 11.3 Å². The standard InChI is InChI=1S/C23H28N4O2S/c1-13(2)12-27-15(4)18(14(3)26-27)11-19(28)25-23-21(22(24)29)20(16(5)30-23)17-9-7-6-8-10-17/h6-10,13H,11-12H2,1-5H3,(H2,24,29)(H,25,28). The zero-order valence-corrected chi connectivity index (χ0v) is 18.9. The number of nitrogens with two attached hydrogens (primary N) is 1. The molecule has 0 saturated heterocycles. The molecule has 3 N–H and O–H groups in total. The highest BCUT2D eigenvalue weighted by atomic mass is 32.1. The quantitative estimate of drug-likeness (QED) is 0.586. The molecule has 0 spiro atoms. The molecule has 2 aromatic heterocycles. The summed E-state index contributed by atoms with van der Waals surface area (Å²) in [6.45, 7) is 10.9. The number of primary amides is 1. The first-order chi connectivity index (χ1) is 14.2. The lowest BCUT2D eigenvalue weighted by Crippen LogP contribution is -2.19. The molecule has 6 nitrogen and oxygen atoms in total. The summed E-state index contributed by atoms with van der Waals surface area (Å²) in [5.41, 5.74) is 10.5. The SMILES string of the molecule is Cc1nn(CC(C)C)c(C)c1CC(=O)Nc1sc(C)c(-c2ccccc2)c1C(N)=O. The van der Waals surface area contributed by atoms with E-state index in [1.54, 1.807) is 0 Å². The summed E-state index contributed by atoms with van der Waals surface area (Å²) in [6, 6.07) is 9.61. The number of hydrogen-bond donors (Lipinski definition) is 2. The second-order valence-corrected chi connectivity index (χ2v) is 9.14. The number of carbonyl (C=O) groups is 2. The van der Waals surface area contributed by atoms with E-state index in [-0.39, 0.29) is 12.3 Å². The first kappa shape index (κ1) is 21.8. The molecule has 0 aliphatic rings. The Hall–Kier alpha value is -2.93. The highest BCUT2D eigenvalue weighted by Crippen LogP contribution is 2.39. The third kappa shape index (κ3) is 4.46. The van der Waals surface area contributed by atoms with Crippen LogP contribution in [0.25, 0.3) is 11.1 Å². The van der Waals surface area contributed by atoms with Crippen molar-refractivity contribution in [2.75, 3.05) is 5.32 Å². The van der Waals surface area contributed by atoms with Crippen LogP contribution in [0, 0.1) is 26.7 Å². The Kier molecular flexibility index (Phi) is 6.41. The number of nitrogens with one attached hydrogen (secondary N) is 1. The summed E-state index contributed by atoms with van der Waals surface area (Å²) in [7, 11) is 0. The van der Waals surface area contributed by atoms with Gasteiger partial charge in [-0.15, -0.1) is 11.3 Å². The predicted octanol–water partition coefficient (Wildman–Crippen LogP) is 4.47. The third-order valence-corrected chi connectivity index (χ3v) is 6.07. The number of aromatic nitrogens is 2. The van der Waals surface area contributed by atoms with Gasteiger partial charge in [0.15, 0.2) is 0 Å². The summed E-state index contributed by atoms with van der Waals surface area (Å²) in [5, 5.41) is 7.99. The van der Waals surface area contributed by atoms with Crippen molar-refractivity contribution in [1.29, 1.82) is 0 Å². The Balaban J connectivity index is 1.88. The van der Waals surface area contributed by atoms with Crippen molar-refractivity contribution in [2.45, 2.75) is 47.6 Å². The monoisotopic (exact) mass is 424 g/mol. The third-order valence-electron chi connectivity index (χ3n) is 5.05. The molecule has 158 valence electrons. The van der Waals surface area contributed by atoms with Gasteiger partial charge in [-0.25, -0.2) is 0 Å². The second kappa shape index (κ2) is 8.83. The highest BCUT2D eigenvalue weighted by Gasteiger charge is 2.23. The van der Waals surface area contributed by atoms with Crippen LogP contribution in [0.1, 0.15) is 46.0 Å². The maximum Gasteiger partial charge on any atom is 0.252 e. The zero-order valence-electron chi connectivity index (χ0n) is 18.1. The van der Waals surface area contributed by atoms with Crippen molar-refractivity contribution in [3.63, 3.8) is 0 Å². The van der Waals surface area contributed by atoms with E-state index in [0.717, 1.165) is 39.5 Å². The minimum atomic E-state index is -0.550. The van der Waals surface area contributed by atoms with Gasteiger partial charge in [0.25, 0.3) is 5.91 Å². The molecule has 0 atom stereocenters. The van der Waals surface area contributed by atoms with Crippen LogP contribution in [-0.2, 0) is 17.8 Å². The number of hydrogen-bond acceptors (Lipinski definition) is 4. The molecule has 0 aliphatic carbocycles. The molecule has 0 fully saturated rings. The molecule has 2 amide bonds. The van der Waals surface area contributed by atoms with Gasteiger partial charge < -0.3 is 11.1 Å². The van der Waals surface area contributed by atoms with Crippen molar-refractivity contribution < 1.29 is 9.59 Å². The van der Waals surface area contributed by atoms with Gasteiger partial charge in [0.2, 0.25) is 5.91 Å². The maximum atomic E-state index is 12.9. The average molecular weight is 425 g/mol. The van der Waals surface area contributed by atoms with Crippen molar-refractivity contribution in [1.82, 2.24) is 9.78 Å². The highest BCUT2D eigenvalue weighted by molar-refractivity contribution is 7.17. The summed E-state index contributed by atoms with van der Waals surface area (Å²) in [5.74, 6) is -0.271. The van der Waals surface area contributed by atoms with Gasteiger partial charge in [0.05, 0.1) is 17.7 Å². The van der Waals surface area contributed by atoms with Crippen LogP contribution in [0.5, 0.6) is 0 Å². The van der Waals surface area contributed by atoms with Crippen LogP contribution in [0.3, 0.4) is 0 Å². The van der Waals surface area contributed by atoms with Crippen molar-refractivity contribution in [2.24, 2.45) is 11.7 Å². The number of thiophene rings is 1. The maximum absolute atomic E-state index is 12.9. The molecule has 0 unspecified atom stereocenters. The first-order valence-corrected chi connectivity index (χ1v) is 10.8. The number of benzene rings is 1. The van der Waals surface area contributed by atoms with E-state index >= 15 is 0 Å². The van der Waals surface area contributed by atoms with E-state index in [4.69, 9.17) is 5.73 Å². The molecule has 2 heterocycles. The fourth-order valence-electron chi connectivity index (χ4n) is 3.67. The number of anilines is 1. The van der Waals surface area contributed by atoms with Gasteiger partial charge in [-0.2, -0.15) is 5.10 Å². The molecular formula is C23H28N4O2S. The Bertz CT molecular complexity index is 1080. The number of carbonyl (C=O) groups excluding carboxylic acids is 2. The zero-order chi connectivity index (χ0) is 22.0. The molecule has 0 aliphatic heterocycles. The molecule has 0 saturated carbocycles. The number of amides is 2. The van der Waals surface area contributed by atoms with Crippen molar-refractivity contribution >= 4 is 28.2 Å². The van der Waals surface area contributed by atoms with Gasteiger partial charge in [0, 0.05) is 28.2 Å². The van der Waals surface area contributed by atoms with E-state index in [1.807, 2.05) is 55.8 Å². The topological polar surface area (TPSA) is 90.0 Å². The largest absolute Gasteiger partial charge is 0.365 e. The summed E-state index contributed by atoms with van der Waals surface area (Å²) >= 11 is 1.37. The number of rotatable bonds is 7. The Morgan fingerprint density at radius 2 is 1.83 bits per heavy atom. The van der Waals surface area contributed by atoms with Gasteiger partial charge >= 0.3 is 0 Å². The average Bonchev–Trinajstić information content (AvgIpc) is 3.13. The summed E-state index contributed by atoms with van der Waals surface area (Å²) in [4.78, 5) is 26.0. The van der Waals surface area contributed by atoms with Gasteiger partial charge in [-0.3, -0.25) is 14.3 Å². The predicted molar refractivity (Wildman–Crippen MR) is 122 cm³/mol. The Labute approximate surface area is 181 Å². The van der Waals surface area contributed by atoms with Crippen molar-refractivity contribution in [3.8, 4) is 11.1 Å². The molecule has 3 aromatic rings. The van der Waals surface area contributed by atoms with Crippen LogP contribution in [0.2, 0.25) is 0 Å². The summed E-state index contributed by atoms with van der Waals surface area (Å²) in [6.07, 6.45) is 0.200. The Morgan fingerprint density at radius 3 is 2.43 bits per heavy atom.